The van der Waals surface area contributed by atoms with Crippen LogP contribution in [0, 0.1) is 5.92 Å². The van der Waals surface area contributed by atoms with E-state index in [1.165, 1.54) is 18.2 Å². The SMILES string of the molecule is CN=C(NCC1CC1c1ccccc1)N1CCN(C(=O)c2ccco2)CC1. The third-order valence-corrected chi connectivity index (χ3v) is 5.48. The Balaban J connectivity index is 1.25. The van der Waals surface area contributed by atoms with E-state index in [0.717, 1.165) is 25.6 Å². The van der Waals surface area contributed by atoms with E-state index in [-0.39, 0.29) is 5.91 Å². The molecule has 2 atom stereocenters. The van der Waals surface area contributed by atoms with Crippen LogP contribution in [0.3, 0.4) is 0 Å². The van der Waals surface area contributed by atoms with Crippen LogP contribution in [-0.2, 0) is 0 Å². The van der Waals surface area contributed by atoms with Crippen molar-refractivity contribution in [1.82, 2.24) is 15.1 Å². The quantitative estimate of drug-likeness (QED) is 0.667. The zero-order valence-corrected chi connectivity index (χ0v) is 15.7. The molecule has 1 aliphatic heterocycles. The Labute approximate surface area is 159 Å². The Morgan fingerprint density at radius 3 is 2.52 bits per heavy atom. The van der Waals surface area contributed by atoms with Gasteiger partial charge < -0.3 is 19.5 Å². The molecular formula is C21H26N4O2. The molecule has 2 aliphatic rings. The average molecular weight is 366 g/mol. The van der Waals surface area contributed by atoms with Gasteiger partial charge in [-0.15, -0.1) is 0 Å². The summed E-state index contributed by atoms with van der Waals surface area (Å²) in [4.78, 5) is 20.9. The van der Waals surface area contributed by atoms with E-state index in [9.17, 15) is 4.79 Å². The van der Waals surface area contributed by atoms with Gasteiger partial charge in [-0.2, -0.15) is 0 Å². The smallest absolute Gasteiger partial charge is 0.289 e. The maximum Gasteiger partial charge on any atom is 0.289 e. The van der Waals surface area contributed by atoms with Crippen molar-refractivity contribution in [2.75, 3.05) is 39.8 Å². The van der Waals surface area contributed by atoms with Crippen molar-refractivity contribution >= 4 is 11.9 Å². The fourth-order valence-electron chi connectivity index (χ4n) is 3.81. The van der Waals surface area contributed by atoms with Crippen molar-refractivity contribution in [3.8, 4) is 0 Å². The van der Waals surface area contributed by atoms with Crippen molar-refractivity contribution < 1.29 is 9.21 Å². The molecule has 0 spiro atoms. The summed E-state index contributed by atoms with van der Waals surface area (Å²) in [5.74, 6) is 2.64. The van der Waals surface area contributed by atoms with Crippen molar-refractivity contribution in [1.29, 1.82) is 0 Å². The van der Waals surface area contributed by atoms with Crippen molar-refractivity contribution in [2.45, 2.75) is 12.3 Å². The molecule has 0 radical (unpaired) electrons. The minimum absolute atomic E-state index is 0.0359. The van der Waals surface area contributed by atoms with Crippen LogP contribution in [0.5, 0.6) is 0 Å². The van der Waals surface area contributed by atoms with Gasteiger partial charge >= 0.3 is 0 Å². The lowest BCUT2D eigenvalue weighted by molar-refractivity contribution is 0.0657. The highest BCUT2D eigenvalue weighted by atomic mass is 16.3. The summed E-state index contributed by atoms with van der Waals surface area (Å²) in [6.45, 7) is 3.85. The van der Waals surface area contributed by atoms with Crippen LogP contribution in [-0.4, -0.2) is 61.4 Å². The fraction of sp³-hybridized carbons (Fsp3) is 0.429. The molecule has 1 aromatic heterocycles. The van der Waals surface area contributed by atoms with Gasteiger partial charge in [0.15, 0.2) is 11.7 Å². The molecule has 2 heterocycles. The first kappa shape index (κ1) is 17.6. The van der Waals surface area contributed by atoms with Crippen LogP contribution in [0.25, 0.3) is 0 Å². The largest absolute Gasteiger partial charge is 0.459 e. The number of amides is 1. The van der Waals surface area contributed by atoms with Gasteiger partial charge in [0.1, 0.15) is 0 Å². The monoisotopic (exact) mass is 366 g/mol. The lowest BCUT2D eigenvalue weighted by Crippen LogP contribution is -2.54. The highest BCUT2D eigenvalue weighted by molar-refractivity contribution is 5.91. The number of guanidine groups is 1. The van der Waals surface area contributed by atoms with Crippen LogP contribution >= 0.6 is 0 Å². The molecule has 142 valence electrons. The van der Waals surface area contributed by atoms with E-state index in [1.54, 1.807) is 12.1 Å². The molecule has 2 aromatic rings. The Kier molecular flexibility index (Phi) is 5.14. The van der Waals surface area contributed by atoms with Gasteiger partial charge in [0, 0.05) is 39.8 Å². The second-order valence-electron chi connectivity index (χ2n) is 7.20. The molecule has 6 heteroatoms. The van der Waals surface area contributed by atoms with Crippen LogP contribution in [0.4, 0.5) is 0 Å². The van der Waals surface area contributed by atoms with Gasteiger partial charge in [-0.1, -0.05) is 30.3 Å². The van der Waals surface area contributed by atoms with Gasteiger partial charge in [-0.25, -0.2) is 0 Å². The molecule has 1 amide bonds. The highest BCUT2D eigenvalue weighted by Gasteiger charge is 2.38. The molecule has 0 bridgehead atoms. The summed E-state index contributed by atoms with van der Waals surface area (Å²) in [5.41, 5.74) is 1.43. The normalized spacial score (nSPS) is 22.6. The summed E-state index contributed by atoms with van der Waals surface area (Å²) < 4.78 is 5.22. The van der Waals surface area contributed by atoms with Crippen LogP contribution in [0.2, 0.25) is 0 Å². The van der Waals surface area contributed by atoms with Crippen molar-refractivity contribution in [3.05, 3.63) is 60.1 Å². The number of furan rings is 1. The van der Waals surface area contributed by atoms with Gasteiger partial charge in [0.25, 0.3) is 5.91 Å². The molecule has 1 saturated heterocycles. The molecular weight excluding hydrogens is 340 g/mol. The van der Waals surface area contributed by atoms with E-state index in [0.29, 0.717) is 30.7 Å². The number of nitrogens with one attached hydrogen (secondary N) is 1. The fourth-order valence-corrected chi connectivity index (χ4v) is 3.81. The summed E-state index contributed by atoms with van der Waals surface area (Å²) in [6, 6.07) is 14.2. The number of aliphatic imine (C=N–C) groups is 1. The third kappa shape index (κ3) is 3.99. The second-order valence-corrected chi connectivity index (χ2v) is 7.20. The molecule has 27 heavy (non-hydrogen) atoms. The first-order valence-corrected chi connectivity index (χ1v) is 9.59. The molecule has 1 aliphatic carbocycles. The molecule has 2 fully saturated rings. The summed E-state index contributed by atoms with van der Waals surface area (Å²) in [7, 11) is 1.82. The lowest BCUT2D eigenvalue weighted by atomic mass is 10.1. The maximum atomic E-state index is 12.4. The third-order valence-electron chi connectivity index (χ3n) is 5.48. The zero-order chi connectivity index (χ0) is 18.6. The van der Waals surface area contributed by atoms with Crippen LogP contribution < -0.4 is 5.32 Å². The standard InChI is InChI=1S/C21H26N4O2/c1-22-21(23-15-17-14-18(17)16-6-3-2-4-7-16)25-11-9-24(10-12-25)20(26)19-8-5-13-27-19/h2-8,13,17-18H,9-12,14-15H2,1H3,(H,22,23). The summed E-state index contributed by atoms with van der Waals surface area (Å²) in [5, 5.41) is 3.53. The average Bonchev–Trinajstić information content (AvgIpc) is 3.29. The molecule has 1 N–H and O–H groups in total. The number of hydrogen-bond acceptors (Lipinski definition) is 3. The Hall–Kier alpha value is -2.76. The van der Waals surface area contributed by atoms with E-state index in [2.05, 4.69) is 45.5 Å². The minimum atomic E-state index is -0.0359. The van der Waals surface area contributed by atoms with Crippen molar-refractivity contribution in [2.24, 2.45) is 10.9 Å². The predicted molar refractivity (Wildman–Crippen MR) is 105 cm³/mol. The van der Waals surface area contributed by atoms with Crippen LogP contribution in [0.1, 0.15) is 28.5 Å². The minimum Gasteiger partial charge on any atom is -0.459 e. The Bertz CT molecular complexity index is 780. The number of benzene rings is 1. The topological polar surface area (TPSA) is 61.1 Å². The number of carbonyl (C=O) groups is 1. The predicted octanol–water partition coefficient (Wildman–Crippen LogP) is 2.42. The first-order chi connectivity index (χ1) is 13.3. The van der Waals surface area contributed by atoms with Crippen molar-refractivity contribution in [3.63, 3.8) is 0 Å². The number of rotatable bonds is 4. The summed E-state index contributed by atoms with van der Waals surface area (Å²) in [6.07, 6.45) is 2.77. The van der Waals surface area contributed by atoms with Gasteiger partial charge in [-0.05, 0) is 36.0 Å². The van der Waals surface area contributed by atoms with E-state index in [1.807, 2.05) is 11.9 Å². The van der Waals surface area contributed by atoms with Crippen LogP contribution in [0.15, 0.2) is 58.1 Å². The lowest BCUT2D eigenvalue weighted by Gasteiger charge is -2.36. The summed E-state index contributed by atoms with van der Waals surface area (Å²) >= 11 is 0. The molecule has 1 aromatic carbocycles. The molecule has 1 saturated carbocycles. The zero-order valence-electron chi connectivity index (χ0n) is 15.7. The first-order valence-electron chi connectivity index (χ1n) is 9.59. The number of piperazine rings is 1. The number of nitrogens with zero attached hydrogens (tertiary/aromatic N) is 3. The van der Waals surface area contributed by atoms with E-state index in [4.69, 9.17) is 4.42 Å². The molecule has 4 rings (SSSR count). The van der Waals surface area contributed by atoms with E-state index >= 15 is 0 Å². The Morgan fingerprint density at radius 1 is 1.11 bits per heavy atom. The number of carbonyl (C=O) groups excluding carboxylic acids is 1. The highest BCUT2D eigenvalue weighted by Crippen LogP contribution is 2.46. The molecule has 6 nitrogen and oxygen atoms in total. The van der Waals surface area contributed by atoms with E-state index < -0.39 is 0 Å². The van der Waals surface area contributed by atoms with Gasteiger partial charge in [0.2, 0.25) is 0 Å². The van der Waals surface area contributed by atoms with Gasteiger partial charge in [-0.3, -0.25) is 9.79 Å². The van der Waals surface area contributed by atoms with Gasteiger partial charge in [0.05, 0.1) is 6.26 Å². The Morgan fingerprint density at radius 2 is 1.85 bits per heavy atom. The maximum absolute atomic E-state index is 12.4. The number of hydrogen-bond donors (Lipinski definition) is 1. The molecule has 2 unspecified atom stereocenters. The second kappa shape index (κ2) is 7.86.